The zero-order valence-electron chi connectivity index (χ0n) is 15.3. The number of piperidine rings is 2. The summed E-state index contributed by atoms with van der Waals surface area (Å²) in [6, 6.07) is 0. The van der Waals surface area contributed by atoms with Crippen molar-refractivity contribution in [2.45, 2.75) is 59.4 Å². The number of carbonyl (C=O) groups excluding carboxylic acids is 1. The van der Waals surface area contributed by atoms with Crippen molar-refractivity contribution in [3.63, 3.8) is 0 Å². The van der Waals surface area contributed by atoms with Gasteiger partial charge >= 0.3 is 0 Å². The lowest BCUT2D eigenvalue weighted by molar-refractivity contribution is -0.139. The molecule has 0 unspecified atom stereocenters. The second kappa shape index (κ2) is 7.21. The first kappa shape index (κ1) is 17.4. The van der Waals surface area contributed by atoms with Gasteiger partial charge in [0.15, 0.2) is 0 Å². The summed E-state index contributed by atoms with van der Waals surface area (Å²) in [5.41, 5.74) is 0.248. The van der Waals surface area contributed by atoms with E-state index >= 15 is 0 Å². The Balaban J connectivity index is 1.62. The van der Waals surface area contributed by atoms with Crippen molar-refractivity contribution in [1.29, 1.82) is 0 Å². The van der Waals surface area contributed by atoms with Crippen molar-refractivity contribution >= 4 is 5.91 Å². The van der Waals surface area contributed by atoms with Gasteiger partial charge in [0.2, 0.25) is 17.7 Å². The summed E-state index contributed by atoms with van der Waals surface area (Å²) >= 11 is 0. The molecule has 2 aliphatic rings. The van der Waals surface area contributed by atoms with E-state index < -0.39 is 0 Å². The molecule has 0 radical (unpaired) electrons. The normalized spacial score (nSPS) is 25.8. The number of aromatic nitrogens is 2. The van der Waals surface area contributed by atoms with E-state index in [9.17, 15) is 4.79 Å². The van der Waals surface area contributed by atoms with Gasteiger partial charge in [0.05, 0.1) is 6.54 Å². The maximum absolute atomic E-state index is 12.3. The van der Waals surface area contributed by atoms with Gasteiger partial charge in [-0.3, -0.25) is 9.69 Å². The van der Waals surface area contributed by atoms with Crippen molar-refractivity contribution in [2.75, 3.05) is 26.2 Å². The highest BCUT2D eigenvalue weighted by molar-refractivity contribution is 5.77. The number of aryl methyl sites for hydroxylation is 1. The highest BCUT2D eigenvalue weighted by atomic mass is 16.4. The van der Waals surface area contributed by atoms with E-state index in [-0.39, 0.29) is 5.41 Å². The van der Waals surface area contributed by atoms with E-state index in [0.29, 0.717) is 30.0 Å². The van der Waals surface area contributed by atoms with Gasteiger partial charge in [0.25, 0.3) is 0 Å². The molecule has 2 fully saturated rings. The fraction of sp³-hybridized carbons (Fsp3) is 0.833. The van der Waals surface area contributed by atoms with E-state index in [1.54, 1.807) is 0 Å². The van der Waals surface area contributed by atoms with E-state index in [4.69, 9.17) is 4.42 Å². The van der Waals surface area contributed by atoms with Crippen LogP contribution in [-0.2, 0) is 11.3 Å². The van der Waals surface area contributed by atoms with Gasteiger partial charge in [-0.2, -0.15) is 0 Å². The number of amides is 1. The second-order valence-corrected chi connectivity index (χ2v) is 8.03. The van der Waals surface area contributed by atoms with Crippen LogP contribution in [0, 0.1) is 18.3 Å². The number of nitrogens with zero attached hydrogens (tertiary/aromatic N) is 4. The first-order valence-electron chi connectivity index (χ1n) is 9.25. The quantitative estimate of drug-likeness (QED) is 0.828. The molecule has 6 nitrogen and oxygen atoms in total. The summed E-state index contributed by atoms with van der Waals surface area (Å²) in [4.78, 5) is 16.8. The van der Waals surface area contributed by atoms with E-state index in [2.05, 4.69) is 33.8 Å². The van der Waals surface area contributed by atoms with Gasteiger partial charge in [-0.05, 0) is 38.1 Å². The zero-order valence-corrected chi connectivity index (χ0v) is 15.3. The van der Waals surface area contributed by atoms with Crippen molar-refractivity contribution < 1.29 is 9.21 Å². The molecule has 0 saturated carbocycles. The second-order valence-electron chi connectivity index (χ2n) is 8.03. The lowest BCUT2D eigenvalue weighted by Crippen LogP contribution is -2.54. The van der Waals surface area contributed by atoms with Crippen LogP contribution >= 0.6 is 0 Å². The summed E-state index contributed by atoms with van der Waals surface area (Å²) in [6.07, 6.45) is 5.21. The Kier molecular flexibility index (Phi) is 5.23. The lowest BCUT2D eigenvalue weighted by atomic mass is 9.73. The van der Waals surface area contributed by atoms with Gasteiger partial charge in [0, 0.05) is 38.4 Å². The standard InChI is InChI=1S/C18H30N4O2/c1-14(2)6-10-22-13-18(8-5-17(22)23)7-4-9-21(12-18)11-16-20-19-15(3)24-16/h14H,4-13H2,1-3H3/t18-/m1/s1. The highest BCUT2D eigenvalue weighted by Crippen LogP contribution is 2.39. The van der Waals surface area contributed by atoms with Crippen LogP contribution in [0.1, 0.15) is 57.7 Å². The third kappa shape index (κ3) is 4.15. The van der Waals surface area contributed by atoms with Crippen LogP contribution in [0.5, 0.6) is 0 Å². The minimum Gasteiger partial charge on any atom is -0.424 e. The van der Waals surface area contributed by atoms with Crippen molar-refractivity contribution in [2.24, 2.45) is 11.3 Å². The van der Waals surface area contributed by atoms with Gasteiger partial charge < -0.3 is 9.32 Å². The molecule has 6 heteroatoms. The molecule has 0 aliphatic carbocycles. The summed E-state index contributed by atoms with van der Waals surface area (Å²) in [7, 11) is 0. The fourth-order valence-corrected chi connectivity index (χ4v) is 4.09. The third-order valence-electron chi connectivity index (χ3n) is 5.39. The number of hydrogen-bond acceptors (Lipinski definition) is 5. The van der Waals surface area contributed by atoms with Crippen LogP contribution in [0.2, 0.25) is 0 Å². The largest absolute Gasteiger partial charge is 0.424 e. The minimum absolute atomic E-state index is 0.248. The van der Waals surface area contributed by atoms with Crippen LogP contribution < -0.4 is 0 Å². The predicted octanol–water partition coefficient (Wildman–Crippen LogP) is 2.63. The van der Waals surface area contributed by atoms with Crippen LogP contribution in [0.4, 0.5) is 0 Å². The molecular weight excluding hydrogens is 304 g/mol. The molecule has 134 valence electrons. The molecular formula is C18H30N4O2. The van der Waals surface area contributed by atoms with Crippen LogP contribution in [0.25, 0.3) is 0 Å². The average molecular weight is 334 g/mol. The van der Waals surface area contributed by atoms with Crippen LogP contribution in [-0.4, -0.2) is 52.1 Å². The topological polar surface area (TPSA) is 62.5 Å². The van der Waals surface area contributed by atoms with Crippen LogP contribution in [0.3, 0.4) is 0 Å². The molecule has 2 saturated heterocycles. The fourth-order valence-electron chi connectivity index (χ4n) is 4.09. The summed E-state index contributed by atoms with van der Waals surface area (Å²) in [5, 5.41) is 8.05. The van der Waals surface area contributed by atoms with Gasteiger partial charge in [-0.1, -0.05) is 13.8 Å². The number of likely N-dealkylation sites (tertiary alicyclic amines) is 2. The Bertz CT molecular complexity index is 571. The maximum Gasteiger partial charge on any atom is 0.230 e. The molecule has 2 aliphatic heterocycles. The van der Waals surface area contributed by atoms with Crippen molar-refractivity contribution in [3.05, 3.63) is 11.8 Å². The molecule has 1 atom stereocenters. The minimum atomic E-state index is 0.248. The van der Waals surface area contributed by atoms with E-state index in [1.165, 1.54) is 12.8 Å². The van der Waals surface area contributed by atoms with Gasteiger partial charge in [0.1, 0.15) is 0 Å². The average Bonchev–Trinajstić information content (AvgIpc) is 2.94. The van der Waals surface area contributed by atoms with E-state index in [1.807, 2.05) is 6.92 Å². The predicted molar refractivity (Wildman–Crippen MR) is 91.2 cm³/mol. The molecule has 3 rings (SSSR count). The molecule has 1 aromatic heterocycles. The van der Waals surface area contributed by atoms with Crippen molar-refractivity contribution in [1.82, 2.24) is 20.0 Å². The van der Waals surface area contributed by atoms with E-state index in [0.717, 1.165) is 45.6 Å². The molecule has 1 aromatic rings. The first-order valence-corrected chi connectivity index (χ1v) is 9.25. The lowest BCUT2D eigenvalue weighted by Gasteiger charge is -2.48. The van der Waals surface area contributed by atoms with Gasteiger partial charge in [-0.25, -0.2) is 0 Å². The zero-order chi connectivity index (χ0) is 17.2. The summed E-state index contributed by atoms with van der Waals surface area (Å²) in [6.45, 7) is 10.9. The Labute approximate surface area is 144 Å². The van der Waals surface area contributed by atoms with Crippen molar-refractivity contribution in [3.8, 4) is 0 Å². The molecule has 1 spiro atoms. The molecule has 0 N–H and O–H groups in total. The molecule has 0 aromatic carbocycles. The van der Waals surface area contributed by atoms with Gasteiger partial charge in [-0.15, -0.1) is 10.2 Å². The third-order valence-corrected chi connectivity index (χ3v) is 5.39. The molecule has 3 heterocycles. The SMILES string of the molecule is Cc1nnc(CN2CCC[C@@]3(CCC(=O)N(CCC(C)C)C3)C2)o1. The Morgan fingerprint density at radius 1 is 1.25 bits per heavy atom. The Morgan fingerprint density at radius 3 is 2.79 bits per heavy atom. The monoisotopic (exact) mass is 334 g/mol. The summed E-state index contributed by atoms with van der Waals surface area (Å²) in [5.74, 6) is 2.30. The maximum atomic E-state index is 12.3. The molecule has 1 amide bonds. The number of hydrogen-bond donors (Lipinski definition) is 0. The summed E-state index contributed by atoms with van der Waals surface area (Å²) < 4.78 is 5.54. The Morgan fingerprint density at radius 2 is 2.08 bits per heavy atom. The van der Waals surface area contributed by atoms with Crippen LogP contribution in [0.15, 0.2) is 4.42 Å². The highest BCUT2D eigenvalue weighted by Gasteiger charge is 2.41. The molecule has 24 heavy (non-hydrogen) atoms. The number of rotatable bonds is 5. The Hall–Kier alpha value is -1.43. The number of carbonyl (C=O) groups is 1. The molecule has 0 bridgehead atoms. The first-order chi connectivity index (χ1) is 11.5. The smallest absolute Gasteiger partial charge is 0.230 e.